The number of nitrogens with one attached hydrogen (secondary N) is 1. The molecule has 0 bridgehead atoms. The Kier molecular flexibility index (Phi) is 5.31. The largest absolute Gasteiger partial charge is 0.399 e. The molecule has 0 aliphatic carbocycles. The number of aryl methyl sites for hydroxylation is 1. The maximum atomic E-state index is 11.8. The highest BCUT2D eigenvalue weighted by molar-refractivity contribution is 8.00. The number of amides is 1. The fourth-order valence-corrected chi connectivity index (χ4v) is 2.04. The molecule has 1 aromatic rings. The highest BCUT2D eigenvalue weighted by atomic mass is 32.2. The summed E-state index contributed by atoms with van der Waals surface area (Å²) in [5.41, 5.74) is 8.04. The van der Waals surface area contributed by atoms with Gasteiger partial charge in [0.2, 0.25) is 5.91 Å². The smallest absolute Gasteiger partial charge is 0.237 e. The highest BCUT2D eigenvalue weighted by Gasteiger charge is 2.13. The van der Waals surface area contributed by atoms with Crippen LogP contribution in [0.4, 0.5) is 11.4 Å². The van der Waals surface area contributed by atoms with Crippen molar-refractivity contribution in [3.8, 4) is 0 Å². The monoisotopic (exact) mass is 254 g/mol. The van der Waals surface area contributed by atoms with Crippen LogP contribution in [-0.4, -0.2) is 28.6 Å². The zero-order valence-electron chi connectivity index (χ0n) is 10.1. The molecule has 1 atom stereocenters. The summed E-state index contributed by atoms with van der Waals surface area (Å²) >= 11 is 1.43. The van der Waals surface area contributed by atoms with E-state index in [1.165, 1.54) is 11.8 Å². The number of carbonyl (C=O) groups is 1. The molecule has 1 aromatic carbocycles. The Labute approximate surface area is 106 Å². The number of benzene rings is 1. The minimum atomic E-state index is -0.181. The summed E-state index contributed by atoms with van der Waals surface area (Å²) in [5.74, 6) is 0.506. The minimum Gasteiger partial charge on any atom is -0.399 e. The van der Waals surface area contributed by atoms with Gasteiger partial charge in [-0.05, 0) is 37.6 Å². The van der Waals surface area contributed by atoms with E-state index in [1.54, 1.807) is 12.1 Å². The molecule has 17 heavy (non-hydrogen) atoms. The molecule has 4 nitrogen and oxygen atoms in total. The molecule has 1 unspecified atom stereocenters. The van der Waals surface area contributed by atoms with Crippen LogP contribution >= 0.6 is 11.8 Å². The van der Waals surface area contributed by atoms with Gasteiger partial charge in [0.15, 0.2) is 0 Å². The summed E-state index contributed by atoms with van der Waals surface area (Å²) in [4.78, 5) is 11.8. The Hall–Kier alpha value is -1.20. The number of thioether (sulfide) groups is 1. The lowest BCUT2D eigenvalue weighted by Crippen LogP contribution is -2.23. The lowest BCUT2D eigenvalue weighted by molar-refractivity contribution is -0.115. The molecule has 0 aromatic heterocycles. The van der Waals surface area contributed by atoms with Crippen LogP contribution in [-0.2, 0) is 4.79 Å². The average molecular weight is 254 g/mol. The molecule has 0 heterocycles. The fraction of sp³-hybridized carbons (Fsp3) is 0.417. The molecule has 1 rings (SSSR count). The van der Waals surface area contributed by atoms with Crippen LogP contribution in [0.15, 0.2) is 18.2 Å². The number of carbonyl (C=O) groups excluding carboxylic acids is 1. The van der Waals surface area contributed by atoms with E-state index in [4.69, 9.17) is 10.8 Å². The van der Waals surface area contributed by atoms with Gasteiger partial charge in [-0.15, -0.1) is 11.8 Å². The van der Waals surface area contributed by atoms with Gasteiger partial charge >= 0.3 is 0 Å². The van der Waals surface area contributed by atoms with E-state index in [0.717, 1.165) is 11.3 Å². The third kappa shape index (κ3) is 4.28. The van der Waals surface area contributed by atoms with Crippen LogP contribution in [0.5, 0.6) is 0 Å². The Bertz CT molecular complexity index is 396. The molecule has 0 aliphatic heterocycles. The average Bonchev–Trinajstić information content (AvgIpc) is 2.29. The maximum absolute atomic E-state index is 11.8. The van der Waals surface area contributed by atoms with E-state index in [0.29, 0.717) is 11.4 Å². The Morgan fingerprint density at radius 1 is 1.59 bits per heavy atom. The van der Waals surface area contributed by atoms with Crippen LogP contribution in [0.1, 0.15) is 12.5 Å². The number of nitrogens with two attached hydrogens (primary N) is 1. The molecule has 0 saturated heterocycles. The second kappa shape index (κ2) is 6.51. The topological polar surface area (TPSA) is 75.3 Å². The number of hydrogen-bond donors (Lipinski definition) is 3. The molecule has 94 valence electrons. The number of anilines is 2. The molecule has 4 N–H and O–H groups in total. The van der Waals surface area contributed by atoms with Crippen molar-refractivity contribution in [3.05, 3.63) is 23.8 Å². The molecule has 0 aliphatic rings. The number of aliphatic hydroxyl groups excluding tert-OH is 1. The zero-order valence-corrected chi connectivity index (χ0v) is 10.9. The Morgan fingerprint density at radius 2 is 2.29 bits per heavy atom. The third-order valence-electron chi connectivity index (χ3n) is 2.34. The predicted molar refractivity (Wildman–Crippen MR) is 73.2 cm³/mol. The van der Waals surface area contributed by atoms with Crippen molar-refractivity contribution in [2.24, 2.45) is 0 Å². The Balaban J connectivity index is 2.61. The van der Waals surface area contributed by atoms with Gasteiger partial charge in [-0.1, -0.05) is 0 Å². The van der Waals surface area contributed by atoms with E-state index in [2.05, 4.69) is 5.32 Å². The van der Waals surface area contributed by atoms with E-state index in [9.17, 15) is 4.79 Å². The molecule has 1 amide bonds. The van der Waals surface area contributed by atoms with Crippen LogP contribution in [0.2, 0.25) is 0 Å². The number of rotatable bonds is 5. The van der Waals surface area contributed by atoms with Gasteiger partial charge in [0.05, 0.1) is 11.9 Å². The normalized spacial score (nSPS) is 12.2. The summed E-state index contributed by atoms with van der Waals surface area (Å²) in [6.07, 6.45) is 0. The van der Waals surface area contributed by atoms with Crippen LogP contribution < -0.4 is 11.1 Å². The first kappa shape index (κ1) is 13.9. The van der Waals surface area contributed by atoms with E-state index < -0.39 is 0 Å². The van der Waals surface area contributed by atoms with E-state index >= 15 is 0 Å². The number of nitrogen functional groups attached to an aromatic ring is 1. The van der Waals surface area contributed by atoms with E-state index in [-0.39, 0.29) is 17.8 Å². The van der Waals surface area contributed by atoms with Crippen molar-refractivity contribution in [1.82, 2.24) is 0 Å². The lowest BCUT2D eigenvalue weighted by Gasteiger charge is -2.13. The Morgan fingerprint density at radius 3 is 2.88 bits per heavy atom. The number of aliphatic hydroxyl groups is 1. The highest BCUT2D eigenvalue weighted by Crippen LogP contribution is 2.19. The molecule has 0 radical (unpaired) electrons. The SMILES string of the molecule is Cc1cc(N)ccc1NC(=O)C(C)SCCO. The van der Waals surface area contributed by atoms with Crippen molar-refractivity contribution >= 4 is 29.0 Å². The standard InChI is InChI=1S/C12H18N2O2S/c1-8-7-10(13)3-4-11(8)14-12(16)9(2)17-6-5-15/h3-4,7,9,15H,5-6,13H2,1-2H3,(H,14,16). The van der Waals surface area contributed by atoms with Gasteiger partial charge in [0.1, 0.15) is 0 Å². The van der Waals surface area contributed by atoms with Gasteiger partial charge in [-0.25, -0.2) is 0 Å². The van der Waals surface area contributed by atoms with Crippen molar-refractivity contribution < 1.29 is 9.90 Å². The number of hydrogen-bond acceptors (Lipinski definition) is 4. The molecule has 0 spiro atoms. The van der Waals surface area contributed by atoms with Gasteiger partial charge in [-0.3, -0.25) is 4.79 Å². The van der Waals surface area contributed by atoms with Gasteiger partial charge < -0.3 is 16.2 Å². The van der Waals surface area contributed by atoms with Crippen molar-refractivity contribution in [3.63, 3.8) is 0 Å². The van der Waals surface area contributed by atoms with Crippen LogP contribution in [0.3, 0.4) is 0 Å². The van der Waals surface area contributed by atoms with Crippen LogP contribution in [0.25, 0.3) is 0 Å². The van der Waals surface area contributed by atoms with Gasteiger partial charge in [0.25, 0.3) is 0 Å². The van der Waals surface area contributed by atoms with Gasteiger partial charge in [-0.2, -0.15) is 0 Å². The zero-order chi connectivity index (χ0) is 12.8. The minimum absolute atomic E-state index is 0.0590. The first-order valence-corrected chi connectivity index (χ1v) is 6.49. The first-order valence-electron chi connectivity index (χ1n) is 5.44. The van der Waals surface area contributed by atoms with Crippen molar-refractivity contribution in [1.29, 1.82) is 0 Å². The summed E-state index contributed by atoms with van der Waals surface area (Å²) < 4.78 is 0. The van der Waals surface area contributed by atoms with Crippen molar-refractivity contribution in [2.45, 2.75) is 19.1 Å². The summed E-state index contributed by atoms with van der Waals surface area (Å²) in [6, 6.07) is 5.38. The van der Waals surface area contributed by atoms with Gasteiger partial charge in [0, 0.05) is 17.1 Å². The first-order chi connectivity index (χ1) is 8.04. The van der Waals surface area contributed by atoms with E-state index in [1.807, 2.05) is 19.9 Å². The summed E-state index contributed by atoms with van der Waals surface area (Å²) in [5, 5.41) is 11.4. The fourth-order valence-electron chi connectivity index (χ4n) is 1.37. The molecule has 5 heteroatoms. The molecular formula is C12H18N2O2S. The second-order valence-corrected chi connectivity index (χ2v) is 5.25. The predicted octanol–water partition coefficient (Wildman–Crippen LogP) is 1.63. The molecule has 0 fully saturated rings. The third-order valence-corrected chi connectivity index (χ3v) is 3.47. The molecule has 0 saturated carbocycles. The van der Waals surface area contributed by atoms with Crippen LogP contribution in [0, 0.1) is 6.92 Å². The summed E-state index contributed by atoms with van der Waals surface area (Å²) in [6.45, 7) is 3.81. The van der Waals surface area contributed by atoms with Crippen molar-refractivity contribution in [2.75, 3.05) is 23.4 Å². The maximum Gasteiger partial charge on any atom is 0.237 e. The summed E-state index contributed by atoms with van der Waals surface area (Å²) in [7, 11) is 0. The lowest BCUT2D eigenvalue weighted by atomic mass is 10.2. The molecular weight excluding hydrogens is 236 g/mol. The second-order valence-electron chi connectivity index (χ2n) is 3.80. The quantitative estimate of drug-likeness (QED) is 0.698.